The first-order valence-corrected chi connectivity index (χ1v) is 25.3. The van der Waals surface area contributed by atoms with E-state index in [4.69, 9.17) is 0 Å². The van der Waals surface area contributed by atoms with Crippen LogP contribution < -0.4 is 5.32 Å². The number of carbonyl (C=O) groups is 1. The molecule has 55 heavy (non-hydrogen) atoms. The lowest BCUT2D eigenvalue weighted by Gasteiger charge is -2.21. The molecule has 0 spiro atoms. The molecule has 0 aliphatic rings. The van der Waals surface area contributed by atoms with Gasteiger partial charge in [-0.1, -0.05) is 224 Å². The van der Waals surface area contributed by atoms with Crippen LogP contribution in [0.4, 0.5) is 0 Å². The molecule has 2 unspecified atom stereocenters. The quantitative estimate of drug-likeness (QED) is 0.0324. The van der Waals surface area contributed by atoms with E-state index in [0.29, 0.717) is 6.42 Å². The highest BCUT2D eigenvalue weighted by Crippen LogP contribution is 2.16. The van der Waals surface area contributed by atoms with E-state index in [1.54, 1.807) is 6.08 Å². The van der Waals surface area contributed by atoms with E-state index in [9.17, 15) is 22.9 Å². The Bertz CT molecular complexity index is 1010. The van der Waals surface area contributed by atoms with Crippen molar-refractivity contribution in [2.24, 2.45) is 0 Å². The molecule has 0 bridgehead atoms. The van der Waals surface area contributed by atoms with E-state index in [2.05, 4.69) is 43.5 Å². The molecule has 0 aliphatic heterocycles. The number of aliphatic hydroxyl groups is 1. The highest BCUT2D eigenvalue weighted by atomic mass is 32.2. The zero-order valence-corrected chi connectivity index (χ0v) is 37.1. The maximum atomic E-state index is 12.6. The van der Waals surface area contributed by atoms with Gasteiger partial charge in [0.1, 0.15) is 0 Å². The lowest BCUT2D eigenvalue weighted by Crippen LogP contribution is -2.46. The van der Waals surface area contributed by atoms with Gasteiger partial charge in [0.25, 0.3) is 10.1 Å². The molecule has 7 heteroatoms. The molecule has 0 aromatic rings. The van der Waals surface area contributed by atoms with Crippen molar-refractivity contribution in [3.05, 3.63) is 36.5 Å². The molecule has 324 valence electrons. The minimum absolute atomic E-state index is 0.278. The average Bonchev–Trinajstić information content (AvgIpc) is 3.15. The number of nitrogens with one attached hydrogen (secondary N) is 1. The summed E-state index contributed by atoms with van der Waals surface area (Å²) in [5, 5.41) is 13.3. The summed E-state index contributed by atoms with van der Waals surface area (Å²) < 4.78 is 32.6. The first-order valence-electron chi connectivity index (χ1n) is 23.7. The monoisotopic (exact) mass is 794 g/mol. The molecule has 6 nitrogen and oxygen atoms in total. The van der Waals surface area contributed by atoms with Gasteiger partial charge in [-0.15, -0.1) is 0 Å². The van der Waals surface area contributed by atoms with Gasteiger partial charge in [-0.25, -0.2) is 0 Å². The van der Waals surface area contributed by atoms with E-state index in [0.717, 1.165) is 44.9 Å². The fourth-order valence-electron chi connectivity index (χ4n) is 7.25. The summed E-state index contributed by atoms with van der Waals surface area (Å²) >= 11 is 0. The van der Waals surface area contributed by atoms with Crippen LogP contribution in [0.1, 0.15) is 245 Å². The number of unbranched alkanes of at least 4 members (excludes halogenated alkanes) is 31. The summed E-state index contributed by atoms with van der Waals surface area (Å²) in [6.45, 7) is 4.53. The Morgan fingerprint density at radius 1 is 0.491 bits per heavy atom. The number of allylic oxidation sites excluding steroid dienone is 5. The van der Waals surface area contributed by atoms with Crippen molar-refractivity contribution in [2.45, 2.75) is 257 Å². The Morgan fingerprint density at radius 2 is 0.818 bits per heavy atom. The largest absolute Gasteiger partial charge is 0.387 e. The van der Waals surface area contributed by atoms with Crippen molar-refractivity contribution in [3.8, 4) is 0 Å². The Morgan fingerprint density at radius 3 is 1.18 bits per heavy atom. The molecular formula is C48H91NO5S. The molecule has 0 rings (SSSR count). The predicted molar refractivity (Wildman–Crippen MR) is 239 cm³/mol. The minimum Gasteiger partial charge on any atom is -0.387 e. The van der Waals surface area contributed by atoms with E-state index in [1.165, 1.54) is 180 Å². The summed E-state index contributed by atoms with van der Waals surface area (Å²) in [6.07, 6.45) is 55.6. The highest BCUT2D eigenvalue weighted by Gasteiger charge is 2.24. The second kappa shape index (κ2) is 42.2. The van der Waals surface area contributed by atoms with Crippen LogP contribution >= 0.6 is 0 Å². The lowest BCUT2D eigenvalue weighted by atomic mass is 10.0. The van der Waals surface area contributed by atoms with Crippen molar-refractivity contribution in [1.29, 1.82) is 0 Å². The first kappa shape index (κ1) is 53.6. The van der Waals surface area contributed by atoms with Gasteiger partial charge in [0.15, 0.2) is 0 Å². The van der Waals surface area contributed by atoms with Crippen molar-refractivity contribution in [3.63, 3.8) is 0 Å². The third-order valence-electron chi connectivity index (χ3n) is 10.8. The van der Waals surface area contributed by atoms with E-state index >= 15 is 0 Å². The van der Waals surface area contributed by atoms with E-state index in [1.807, 2.05) is 6.08 Å². The molecule has 0 fully saturated rings. The molecule has 0 radical (unpaired) electrons. The van der Waals surface area contributed by atoms with Gasteiger partial charge in [-0.05, 0) is 51.4 Å². The van der Waals surface area contributed by atoms with Gasteiger partial charge >= 0.3 is 0 Å². The molecule has 0 saturated heterocycles. The summed E-state index contributed by atoms with van der Waals surface area (Å²) in [4.78, 5) is 12.6. The number of carbonyl (C=O) groups excluding carboxylic acids is 1. The van der Waals surface area contributed by atoms with Crippen LogP contribution in [0.3, 0.4) is 0 Å². The van der Waals surface area contributed by atoms with Gasteiger partial charge in [-0.3, -0.25) is 9.35 Å². The molecule has 0 saturated carbocycles. The van der Waals surface area contributed by atoms with Crippen LogP contribution in [-0.2, 0) is 14.9 Å². The van der Waals surface area contributed by atoms with Crippen molar-refractivity contribution in [2.75, 3.05) is 5.75 Å². The lowest BCUT2D eigenvalue weighted by molar-refractivity contribution is -0.122. The third-order valence-corrected chi connectivity index (χ3v) is 11.6. The van der Waals surface area contributed by atoms with Gasteiger partial charge in [-0.2, -0.15) is 8.42 Å². The van der Waals surface area contributed by atoms with Crippen LogP contribution in [0.15, 0.2) is 36.5 Å². The van der Waals surface area contributed by atoms with Gasteiger partial charge in [0.05, 0.1) is 17.9 Å². The first-order chi connectivity index (χ1) is 26.8. The highest BCUT2D eigenvalue weighted by molar-refractivity contribution is 7.85. The second-order valence-corrected chi connectivity index (χ2v) is 17.9. The zero-order valence-electron chi connectivity index (χ0n) is 36.3. The maximum Gasteiger partial charge on any atom is 0.267 e. The van der Waals surface area contributed by atoms with Crippen molar-refractivity contribution >= 4 is 16.0 Å². The summed E-state index contributed by atoms with van der Waals surface area (Å²) in [5.74, 6) is -0.975. The summed E-state index contributed by atoms with van der Waals surface area (Å²) in [6, 6.07) is -1.06. The maximum absolute atomic E-state index is 12.6. The molecule has 0 heterocycles. The van der Waals surface area contributed by atoms with Crippen molar-refractivity contribution < 1.29 is 22.9 Å². The van der Waals surface area contributed by atoms with Gasteiger partial charge < -0.3 is 10.4 Å². The topological polar surface area (TPSA) is 104 Å². The molecule has 3 N–H and O–H groups in total. The van der Waals surface area contributed by atoms with Crippen LogP contribution in [-0.4, -0.2) is 41.9 Å². The number of hydrogen-bond donors (Lipinski definition) is 3. The number of hydrogen-bond acceptors (Lipinski definition) is 4. The molecule has 0 aromatic heterocycles. The van der Waals surface area contributed by atoms with Gasteiger partial charge in [0, 0.05) is 6.42 Å². The van der Waals surface area contributed by atoms with E-state index < -0.39 is 28.0 Å². The van der Waals surface area contributed by atoms with Crippen LogP contribution in [0.5, 0.6) is 0 Å². The minimum atomic E-state index is -4.35. The summed E-state index contributed by atoms with van der Waals surface area (Å²) in [5.41, 5.74) is 0. The van der Waals surface area contributed by atoms with Crippen LogP contribution in [0.25, 0.3) is 0 Å². The fourth-order valence-corrected chi connectivity index (χ4v) is 7.98. The molecule has 2 atom stereocenters. The number of aliphatic hydroxyl groups excluding tert-OH is 1. The SMILES string of the molecule is CCCCCCC/C=C\C/C=C\CCCCCCCCCCCCCC(=O)NC(CS(=O)(=O)O)C(O)/C=C/CCCCCCCCCCCCCCCCC. The fraction of sp³-hybridized carbons (Fsp3) is 0.854. The molecule has 1 amide bonds. The Kier molecular flexibility index (Phi) is 41.1. The van der Waals surface area contributed by atoms with Crippen LogP contribution in [0.2, 0.25) is 0 Å². The van der Waals surface area contributed by atoms with Crippen LogP contribution in [0, 0.1) is 0 Å². The number of rotatable bonds is 43. The average molecular weight is 794 g/mol. The molecule has 0 aliphatic carbocycles. The predicted octanol–water partition coefficient (Wildman–Crippen LogP) is 14.5. The standard InChI is InChI=1S/C48H91NO5S/c1-3-5-7-9-11-13-15-17-19-21-22-23-24-25-26-28-30-32-34-36-38-40-42-44-48(51)49-46(45-55(52,53)54)47(50)43-41-39-37-35-33-31-29-27-20-18-16-14-12-10-8-6-4-2/h15,17,21-22,41,43,46-47,50H,3-14,16,18-20,23-40,42,44-45H2,1-2H3,(H,49,51)(H,52,53,54)/b17-15-,22-21-,43-41+. The zero-order chi connectivity index (χ0) is 40.3. The smallest absolute Gasteiger partial charge is 0.267 e. The Balaban J connectivity index is 3.82. The summed E-state index contributed by atoms with van der Waals surface area (Å²) in [7, 11) is -4.35. The second-order valence-electron chi connectivity index (χ2n) is 16.4. The van der Waals surface area contributed by atoms with Gasteiger partial charge in [0.2, 0.25) is 5.91 Å². The van der Waals surface area contributed by atoms with E-state index in [-0.39, 0.29) is 5.91 Å². The van der Waals surface area contributed by atoms with Crippen molar-refractivity contribution in [1.82, 2.24) is 5.32 Å². The number of amides is 1. The molecule has 0 aromatic carbocycles. The Hall–Kier alpha value is -1.44. The molecular weight excluding hydrogens is 703 g/mol. The normalized spacial score (nSPS) is 13.5. The third kappa shape index (κ3) is 43.5. The Labute approximate surface area is 342 Å².